The Bertz CT molecular complexity index is 466. The van der Waals surface area contributed by atoms with E-state index >= 15 is 0 Å². The quantitative estimate of drug-likeness (QED) is 0.745. The molecular weight excluding hydrogens is 268 g/mol. The largest absolute Gasteiger partial charge is 0.312 e. The van der Waals surface area contributed by atoms with Crippen LogP contribution in [0.4, 0.5) is 0 Å². The summed E-state index contributed by atoms with van der Waals surface area (Å²) in [5, 5.41) is 4.08. The van der Waals surface area contributed by atoms with E-state index in [1.807, 2.05) is 0 Å². The number of rotatable bonds is 8. The van der Waals surface area contributed by atoms with Gasteiger partial charge in [0.2, 0.25) is 0 Å². The van der Waals surface area contributed by atoms with Gasteiger partial charge in [-0.3, -0.25) is 0 Å². The highest BCUT2D eigenvalue weighted by Crippen LogP contribution is 2.20. The first-order valence-corrected chi connectivity index (χ1v) is 9.19. The molecule has 1 aromatic rings. The predicted octanol–water partition coefficient (Wildman–Crippen LogP) is 2.14. The molecule has 0 aromatic carbocycles. The molecule has 1 N–H and O–H groups in total. The summed E-state index contributed by atoms with van der Waals surface area (Å²) in [5.41, 5.74) is 1.03. The summed E-state index contributed by atoms with van der Waals surface area (Å²) in [4.78, 5) is 5.59. The van der Waals surface area contributed by atoms with Crippen molar-refractivity contribution < 1.29 is 8.42 Å². The van der Waals surface area contributed by atoms with Crippen molar-refractivity contribution in [3.05, 3.63) is 15.6 Å². The number of unbranched alkanes of at least 4 members (excludes halogenated alkanes) is 1. The molecule has 0 spiro atoms. The van der Waals surface area contributed by atoms with Gasteiger partial charge < -0.3 is 5.32 Å². The number of hydrogen-bond donors (Lipinski definition) is 1. The van der Waals surface area contributed by atoms with Crippen molar-refractivity contribution in [2.24, 2.45) is 0 Å². The molecule has 1 heterocycles. The molecule has 1 rings (SSSR count). The Kier molecular flexibility index (Phi) is 6.25. The molecule has 0 saturated carbocycles. The molecule has 4 nitrogen and oxygen atoms in total. The van der Waals surface area contributed by atoms with E-state index in [-0.39, 0.29) is 5.75 Å². The molecule has 6 heteroatoms. The summed E-state index contributed by atoms with van der Waals surface area (Å²) >= 11 is 1.52. The van der Waals surface area contributed by atoms with Crippen LogP contribution in [0, 0.1) is 0 Å². The van der Waals surface area contributed by atoms with Gasteiger partial charge in [0.15, 0.2) is 9.84 Å². The van der Waals surface area contributed by atoms with Gasteiger partial charge in [-0.2, -0.15) is 0 Å². The fourth-order valence-electron chi connectivity index (χ4n) is 1.64. The van der Waals surface area contributed by atoms with Gasteiger partial charge in [0.25, 0.3) is 0 Å². The number of thiazole rings is 1. The molecule has 0 aliphatic carbocycles. The van der Waals surface area contributed by atoms with Crippen molar-refractivity contribution >= 4 is 21.2 Å². The average Bonchev–Trinajstić information content (AvgIpc) is 2.64. The smallest absolute Gasteiger partial charge is 0.153 e. The van der Waals surface area contributed by atoms with Crippen LogP contribution in [0.2, 0.25) is 0 Å². The van der Waals surface area contributed by atoms with Crippen LogP contribution in [-0.2, 0) is 28.6 Å². The van der Waals surface area contributed by atoms with Crippen molar-refractivity contribution in [1.29, 1.82) is 0 Å². The Morgan fingerprint density at radius 3 is 2.61 bits per heavy atom. The minimum Gasteiger partial charge on any atom is -0.312 e. The summed E-state index contributed by atoms with van der Waals surface area (Å²) in [6, 6.07) is 0. The lowest BCUT2D eigenvalue weighted by molar-refractivity contribution is 0.601. The van der Waals surface area contributed by atoms with Crippen LogP contribution in [0.3, 0.4) is 0 Å². The number of nitrogens with zero attached hydrogens (tertiary/aromatic N) is 1. The van der Waals surface area contributed by atoms with Crippen molar-refractivity contribution in [2.75, 3.05) is 12.8 Å². The van der Waals surface area contributed by atoms with Gasteiger partial charge in [-0.25, -0.2) is 13.4 Å². The topological polar surface area (TPSA) is 59.1 Å². The Morgan fingerprint density at radius 1 is 1.33 bits per heavy atom. The number of sulfone groups is 1. The Balaban J connectivity index is 2.66. The van der Waals surface area contributed by atoms with Gasteiger partial charge in [-0.05, 0) is 19.4 Å². The molecule has 0 unspecified atom stereocenters. The van der Waals surface area contributed by atoms with Crippen LogP contribution in [0.15, 0.2) is 0 Å². The van der Waals surface area contributed by atoms with Crippen LogP contribution in [0.25, 0.3) is 0 Å². The third-order valence-corrected chi connectivity index (χ3v) is 4.61. The fourth-order valence-corrected chi connectivity index (χ4v) is 3.95. The second kappa shape index (κ2) is 7.21. The number of hydrogen-bond acceptors (Lipinski definition) is 5. The van der Waals surface area contributed by atoms with Gasteiger partial charge in [0.05, 0.1) is 5.69 Å². The molecule has 0 radical (unpaired) electrons. The molecule has 1 aromatic heterocycles. The lowest BCUT2D eigenvalue weighted by atomic mass is 10.3. The lowest BCUT2D eigenvalue weighted by Gasteiger charge is -2.02. The van der Waals surface area contributed by atoms with E-state index in [2.05, 4.69) is 24.1 Å². The second-order valence-corrected chi connectivity index (χ2v) is 7.74. The summed E-state index contributed by atoms with van der Waals surface area (Å²) in [6.07, 6.45) is 4.44. The predicted molar refractivity (Wildman–Crippen MR) is 76.7 cm³/mol. The minimum absolute atomic E-state index is 0.0552. The maximum atomic E-state index is 11.3. The summed E-state index contributed by atoms with van der Waals surface area (Å²) in [5.74, 6) is 0.0552. The van der Waals surface area contributed by atoms with Gasteiger partial charge >= 0.3 is 0 Å². The van der Waals surface area contributed by atoms with Crippen LogP contribution < -0.4 is 5.32 Å². The standard InChI is InChI=1S/C12H22N2O2S2/c1-4-6-7-13-8-11-10(5-2)14-12(17-11)9-18(3,15)16/h13H,4-9H2,1-3H3. The first-order valence-electron chi connectivity index (χ1n) is 6.32. The van der Waals surface area contributed by atoms with Crippen LogP contribution in [-0.4, -0.2) is 26.2 Å². The Labute approximate surface area is 114 Å². The SMILES string of the molecule is CCCCNCc1sc(CS(C)(=O)=O)nc1CC. The van der Waals surface area contributed by atoms with Crippen LogP contribution in [0.5, 0.6) is 0 Å². The molecule has 18 heavy (non-hydrogen) atoms. The number of nitrogens with one attached hydrogen (secondary N) is 1. The fraction of sp³-hybridized carbons (Fsp3) is 0.750. The monoisotopic (exact) mass is 290 g/mol. The van der Waals surface area contributed by atoms with E-state index in [4.69, 9.17) is 0 Å². The van der Waals surface area contributed by atoms with E-state index in [0.717, 1.165) is 31.6 Å². The highest BCUT2D eigenvalue weighted by Gasteiger charge is 2.13. The normalized spacial score (nSPS) is 11.9. The first-order chi connectivity index (χ1) is 8.46. The van der Waals surface area contributed by atoms with Gasteiger partial charge in [0, 0.05) is 17.7 Å². The molecule has 0 saturated heterocycles. The highest BCUT2D eigenvalue weighted by atomic mass is 32.2. The average molecular weight is 290 g/mol. The minimum atomic E-state index is -2.99. The Morgan fingerprint density at radius 2 is 2.06 bits per heavy atom. The van der Waals surface area contributed by atoms with Crippen molar-refractivity contribution in [2.45, 2.75) is 45.4 Å². The molecule has 0 amide bonds. The summed E-state index contributed by atoms with van der Waals surface area (Å²) in [7, 11) is -2.99. The van der Waals surface area contributed by atoms with Crippen molar-refractivity contribution in [3.8, 4) is 0 Å². The van der Waals surface area contributed by atoms with Gasteiger partial charge in [0.1, 0.15) is 10.8 Å². The van der Waals surface area contributed by atoms with Crippen molar-refractivity contribution in [1.82, 2.24) is 10.3 Å². The zero-order valence-electron chi connectivity index (χ0n) is 11.3. The summed E-state index contributed by atoms with van der Waals surface area (Å²) < 4.78 is 22.5. The van der Waals surface area contributed by atoms with Gasteiger partial charge in [-0.15, -0.1) is 11.3 Å². The summed E-state index contributed by atoms with van der Waals surface area (Å²) in [6.45, 7) is 6.01. The second-order valence-electron chi connectivity index (χ2n) is 4.43. The molecule has 0 aliphatic rings. The third-order valence-electron chi connectivity index (χ3n) is 2.54. The van der Waals surface area contributed by atoms with E-state index in [1.165, 1.54) is 28.9 Å². The number of aromatic nitrogens is 1. The molecular formula is C12H22N2O2S2. The zero-order valence-corrected chi connectivity index (χ0v) is 13.0. The maximum absolute atomic E-state index is 11.3. The molecule has 0 atom stereocenters. The first kappa shape index (κ1) is 15.6. The van der Waals surface area contributed by atoms with E-state index in [1.54, 1.807) is 0 Å². The van der Waals surface area contributed by atoms with E-state index in [0.29, 0.717) is 5.01 Å². The molecule has 0 bridgehead atoms. The van der Waals surface area contributed by atoms with Crippen LogP contribution in [0.1, 0.15) is 42.3 Å². The van der Waals surface area contributed by atoms with E-state index in [9.17, 15) is 8.42 Å². The molecule has 0 fully saturated rings. The zero-order chi connectivity index (χ0) is 13.6. The highest BCUT2D eigenvalue weighted by molar-refractivity contribution is 7.90. The molecule has 104 valence electrons. The molecule has 0 aliphatic heterocycles. The maximum Gasteiger partial charge on any atom is 0.153 e. The third kappa shape index (κ3) is 5.46. The van der Waals surface area contributed by atoms with Crippen molar-refractivity contribution in [3.63, 3.8) is 0 Å². The Hall–Kier alpha value is -0.460. The van der Waals surface area contributed by atoms with E-state index < -0.39 is 9.84 Å². The lowest BCUT2D eigenvalue weighted by Crippen LogP contribution is -2.14. The van der Waals surface area contributed by atoms with Gasteiger partial charge in [-0.1, -0.05) is 20.3 Å². The number of aryl methyl sites for hydroxylation is 1. The van der Waals surface area contributed by atoms with Crippen LogP contribution >= 0.6 is 11.3 Å².